The maximum atomic E-state index is 12.2. The fraction of sp³-hybridized carbons (Fsp3) is 0.467. The predicted molar refractivity (Wildman–Crippen MR) is 85.6 cm³/mol. The summed E-state index contributed by atoms with van der Waals surface area (Å²) in [5.41, 5.74) is 1.35. The molecule has 0 aliphatic heterocycles. The third kappa shape index (κ3) is 4.51. The van der Waals surface area contributed by atoms with Gasteiger partial charge in [0.05, 0.1) is 0 Å². The summed E-state index contributed by atoms with van der Waals surface area (Å²) in [6, 6.07) is 5.70. The molecule has 2 atom stereocenters. The van der Waals surface area contributed by atoms with E-state index < -0.39 is 0 Å². The van der Waals surface area contributed by atoms with Crippen LogP contribution < -0.4 is 5.32 Å². The number of hydrogen-bond acceptors (Lipinski definition) is 3. The van der Waals surface area contributed by atoms with Crippen LogP contribution in [-0.2, 0) is 10.7 Å². The van der Waals surface area contributed by atoms with Crippen molar-refractivity contribution in [1.29, 1.82) is 0 Å². The van der Waals surface area contributed by atoms with E-state index >= 15 is 0 Å². The molecule has 1 amide bonds. The Morgan fingerprint density at radius 3 is 3.10 bits per heavy atom. The zero-order valence-electron chi connectivity index (χ0n) is 11.5. The van der Waals surface area contributed by atoms with E-state index in [1.165, 1.54) is 0 Å². The van der Waals surface area contributed by atoms with Gasteiger partial charge in [0.25, 0.3) is 0 Å². The predicted octanol–water partition coefficient (Wildman–Crippen LogP) is 2.78. The van der Waals surface area contributed by atoms with Crippen LogP contribution in [0.4, 0.5) is 0 Å². The zero-order valence-corrected chi connectivity index (χ0v) is 13.3. The molecule has 106 valence electrons. The van der Waals surface area contributed by atoms with Gasteiger partial charge >= 0.3 is 125 Å². The first-order valence-corrected chi connectivity index (χ1v) is 8.83. The van der Waals surface area contributed by atoms with Crippen LogP contribution in [0.25, 0.3) is 0 Å². The van der Waals surface area contributed by atoms with Crippen molar-refractivity contribution < 1.29 is 4.79 Å². The van der Waals surface area contributed by atoms with Gasteiger partial charge in [-0.05, 0) is 0 Å². The summed E-state index contributed by atoms with van der Waals surface area (Å²) in [5, 5.41) is 6.07. The summed E-state index contributed by atoms with van der Waals surface area (Å²) in [6.07, 6.45) is 4.17. The average Bonchev–Trinajstić information content (AvgIpc) is 2.45. The van der Waals surface area contributed by atoms with Crippen molar-refractivity contribution in [2.24, 2.45) is 5.92 Å². The number of thiol groups is 1. The Labute approximate surface area is 125 Å². The number of carbonyl (C=O) groups excluding carboxylic acids is 1. The Kier molecular flexibility index (Phi) is 5.88. The second-order valence-corrected chi connectivity index (χ2v) is 6.08. The molecule has 0 saturated heterocycles. The number of amides is 1. The van der Waals surface area contributed by atoms with Gasteiger partial charge in [-0.2, -0.15) is 0 Å². The van der Waals surface area contributed by atoms with Gasteiger partial charge in [-0.3, -0.25) is 0 Å². The number of nitrogens with one attached hydrogen (secondary N) is 1. The molecule has 0 aromatic carbocycles. The fourth-order valence-electron chi connectivity index (χ4n) is 2.50. The van der Waals surface area contributed by atoms with Crippen molar-refractivity contribution in [1.82, 2.24) is 10.3 Å². The van der Waals surface area contributed by atoms with Crippen molar-refractivity contribution in [3.05, 3.63) is 29.6 Å². The van der Waals surface area contributed by atoms with Crippen LogP contribution in [0.5, 0.6) is 0 Å². The molecule has 0 radical (unpaired) electrons. The topological polar surface area (TPSA) is 42.0 Å². The summed E-state index contributed by atoms with van der Waals surface area (Å²) in [5.74, 6) is 3.51. The Bertz CT molecular complexity index is 600. The molecule has 1 N–H and O–H groups in total. The first-order valence-electron chi connectivity index (χ1n) is 6.78. The van der Waals surface area contributed by atoms with Crippen molar-refractivity contribution in [2.45, 2.75) is 38.6 Å². The standard InChI is InChI=1S/C15H18N2OPS/c1-11-4-2-7-14(16-11)15(18)17-13-6-3-5-12(10-13)8-9-20-19/h2,4,7,12-13,20H,3,5-6,10H2,1H3,(H,17,18)/q-1. The van der Waals surface area contributed by atoms with Crippen molar-refractivity contribution in [2.75, 3.05) is 0 Å². The molecule has 0 bridgehead atoms. The molecule has 1 heterocycles. The molecule has 2 rings (SSSR count). The molecule has 1 aliphatic carbocycles. The summed E-state index contributed by atoms with van der Waals surface area (Å²) in [6.45, 7) is 1.89. The number of carbonyl (C=O) groups is 1. The summed E-state index contributed by atoms with van der Waals surface area (Å²) in [7, 11) is 4.89. The van der Waals surface area contributed by atoms with Gasteiger partial charge in [0.15, 0.2) is 0 Å². The Morgan fingerprint density at radius 1 is 1.50 bits per heavy atom. The van der Waals surface area contributed by atoms with E-state index in [1.807, 2.05) is 19.1 Å². The molecule has 20 heavy (non-hydrogen) atoms. The van der Waals surface area contributed by atoms with E-state index in [0.29, 0.717) is 11.6 Å². The van der Waals surface area contributed by atoms with Gasteiger partial charge in [0.1, 0.15) is 0 Å². The third-order valence-corrected chi connectivity index (χ3v) is 3.98. The minimum absolute atomic E-state index is 0.0837. The molecule has 1 aliphatic rings. The molecule has 2 unspecified atom stereocenters. The average molecular weight is 305 g/mol. The Balaban J connectivity index is 1.96. The molecule has 3 nitrogen and oxygen atoms in total. The van der Waals surface area contributed by atoms with Crippen molar-refractivity contribution >= 4 is 24.5 Å². The van der Waals surface area contributed by atoms with Crippen LogP contribution in [0, 0.1) is 24.0 Å². The van der Waals surface area contributed by atoms with Crippen LogP contribution in [0.15, 0.2) is 18.2 Å². The SMILES string of the molecule is Cc1cccc(C(=O)NC2CCCC(C#C[SH-]#P)C2)n1. The van der Waals surface area contributed by atoms with Crippen LogP contribution in [0.1, 0.15) is 41.9 Å². The van der Waals surface area contributed by atoms with Crippen molar-refractivity contribution in [3.8, 4) is 11.2 Å². The quantitative estimate of drug-likeness (QED) is 0.395. The molecule has 1 saturated carbocycles. The van der Waals surface area contributed by atoms with Gasteiger partial charge < -0.3 is 0 Å². The van der Waals surface area contributed by atoms with Gasteiger partial charge in [-0.25, -0.2) is 0 Å². The fourth-order valence-corrected chi connectivity index (χ4v) is 2.91. The zero-order chi connectivity index (χ0) is 14.4. The third-order valence-electron chi connectivity index (χ3n) is 3.45. The summed E-state index contributed by atoms with van der Waals surface area (Å²) in [4.78, 5) is 16.4. The second-order valence-electron chi connectivity index (χ2n) is 5.05. The number of pyridine rings is 1. The molecule has 0 spiro atoms. The Morgan fingerprint density at radius 2 is 2.35 bits per heavy atom. The van der Waals surface area contributed by atoms with Gasteiger partial charge in [-0.1, -0.05) is 0 Å². The molecular weight excluding hydrogens is 287 g/mol. The molecule has 5 heteroatoms. The van der Waals surface area contributed by atoms with E-state index in [2.05, 4.69) is 29.3 Å². The summed E-state index contributed by atoms with van der Waals surface area (Å²) < 4.78 is 0. The minimum atomic E-state index is -0.0837. The number of nitrogens with zero attached hydrogens (tertiary/aromatic N) is 1. The van der Waals surface area contributed by atoms with Crippen LogP contribution in [0.2, 0.25) is 0 Å². The van der Waals surface area contributed by atoms with Gasteiger partial charge in [0.2, 0.25) is 0 Å². The van der Waals surface area contributed by atoms with E-state index in [1.54, 1.807) is 6.07 Å². The molecule has 1 aromatic rings. The number of aromatic nitrogens is 1. The first-order chi connectivity index (χ1) is 9.69. The molecule has 1 aromatic heterocycles. The number of hydrogen-bond donors (Lipinski definition) is 1. The van der Waals surface area contributed by atoms with Crippen LogP contribution in [0.3, 0.4) is 0 Å². The van der Waals surface area contributed by atoms with Crippen LogP contribution in [-0.4, -0.2) is 16.9 Å². The second kappa shape index (κ2) is 7.67. The van der Waals surface area contributed by atoms with E-state index in [4.69, 9.17) is 0 Å². The Hall–Kier alpha value is -1.04. The van der Waals surface area contributed by atoms with E-state index in [-0.39, 0.29) is 11.9 Å². The van der Waals surface area contributed by atoms with E-state index in [9.17, 15) is 4.79 Å². The monoisotopic (exact) mass is 305 g/mol. The van der Waals surface area contributed by atoms with Gasteiger partial charge in [0, 0.05) is 0 Å². The molecular formula is C15H18N2OPS-. The van der Waals surface area contributed by atoms with Gasteiger partial charge in [-0.15, -0.1) is 0 Å². The maximum absolute atomic E-state index is 12.2. The van der Waals surface area contributed by atoms with Crippen LogP contribution >= 0.6 is 7.81 Å². The number of aryl methyl sites for hydroxylation is 1. The summed E-state index contributed by atoms with van der Waals surface area (Å²) >= 11 is 0. The van der Waals surface area contributed by atoms with E-state index in [0.717, 1.165) is 42.1 Å². The van der Waals surface area contributed by atoms with Crippen molar-refractivity contribution in [3.63, 3.8) is 0 Å². The molecule has 1 fully saturated rings. The number of rotatable bonds is 2. The first kappa shape index (κ1) is 15.4. The normalized spacial score (nSPS) is 21.6.